The van der Waals surface area contributed by atoms with Crippen LogP contribution in [-0.4, -0.2) is 17.3 Å². The Hall–Kier alpha value is -6.32. The van der Waals surface area contributed by atoms with E-state index in [0.717, 1.165) is 6.42 Å². The summed E-state index contributed by atoms with van der Waals surface area (Å²) in [5.41, 5.74) is 20.1. The van der Waals surface area contributed by atoms with E-state index < -0.39 is 0 Å². The second kappa shape index (κ2) is 10.6. The van der Waals surface area contributed by atoms with Gasteiger partial charge in [-0.2, -0.15) is 0 Å². The van der Waals surface area contributed by atoms with Crippen molar-refractivity contribution in [2.45, 2.75) is 18.4 Å². The molecule has 0 amide bonds. The quantitative estimate of drug-likeness (QED) is 0.172. The molecule has 2 nitrogen and oxygen atoms in total. The van der Waals surface area contributed by atoms with Crippen molar-refractivity contribution in [1.29, 1.82) is 0 Å². The zero-order valence-corrected chi connectivity index (χ0v) is 28.6. The number of benzene rings is 7. The zero-order valence-electron chi connectivity index (χ0n) is 28.6. The second-order valence-corrected chi connectivity index (χ2v) is 14.8. The molecule has 0 saturated heterocycles. The Morgan fingerprint density at radius 1 is 0.538 bits per heavy atom. The van der Waals surface area contributed by atoms with E-state index >= 15 is 0 Å². The molecule has 4 aliphatic rings. The normalized spacial score (nSPS) is 17.3. The fourth-order valence-corrected chi connectivity index (χ4v) is 10.1. The number of hydrogen-bond donors (Lipinski definition) is 0. The predicted molar refractivity (Wildman–Crippen MR) is 219 cm³/mol. The van der Waals surface area contributed by atoms with Crippen LogP contribution in [0.5, 0.6) is 0 Å². The first kappa shape index (κ1) is 28.4. The van der Waals surface area contributed by atoms with E-state index in [4.69, 9.17) is 0 Å². The van der Waals surface area contributed by atoms with Crippen molar-refractivity contribution in [2.75, 3.05) is 4.90 Å². The molecule has 1 aromatic heterocycles. The van der Waals surface area contributed by atoms with Crippen molar-refractivity contribution in [3.63, 3.8) is 0 Å². The Morgan fingerprint density at radius 3 is 1.90 bits per heavy atom. The van der Waals surface area contributed by atoms with E-state index in [1.165, 1.54) is 94.2 Å². The monoisotopic (exact) mass is 660 g/mol. The smallest absolute Gasteiger partial charge is 0.247 e. The van der Waals surface area contributed by atoms with Crippen molar-refractivity contribution in [3.05, 3.63) is 193 Å². The van der Waals surface area contributed by atoms with Gasteiger partial charge in [-0.05, 0) is 57.3 Å². The SMILES string of the molecule is C1=CC2c3cccc4c3N(c3cc(-n5c6c(-c7ccccc7)cccc6c6cccc(-c7ccccc7)c65)cc5c3B4c3ccccc3C5)C2C=C1. The number of hydrogen-bond acceptors (Lipinski definition) is 1. The van der Waals surface area contributed by atoms with Crippen LogP contribution < -0.4 is 21.3 Å². The van der Waals surface area contributed by atoms with Crippen LogP contribution in [0.4, 0.5) is 11.4 Å². The third kappa shape index (κ3) is 3.75. The molecule has 0 bridgehead atoms. The summed E-state index contributed by atoms with van der Waals surface area (Å²) < 4.78 is 2.60. The molecule has 3 heteroatoms. The molecule has 3 aliphatic heterocycles. The van der Waals surface area contributed by atoms with E-state index in [1.54, 1.807) is 0 Å². The molecule has 52 heavy (non-hydrogen) atoms. The number of para-hydroxylation sites is 3. The molecular weight excluding hydrogens is 627 g/mol. The highest BCUT2D eigenvalue weighted by Gasteiger charge is 2.48. The number of allylic oxidation sites excluding steroid dienone is 2. The average Bonchev–Trinajstić information content (AvgIpc) is 3.74. The van der Waals surface area contributed by atoms with E-state index in [-0.39, 0.29) is 12.8 Å². The minimum absolute atomic E-state index is 0.209. The lowest BCUT2D eigenvalue weighted by Gasteiger charge is -2.41. The Bertz CT molecular complexity index is 2750. The van der Waals surface area contributed by atoms with Gasteiger partial charge in [-0.15, -0.1) is 0 Å². The summed E-state index contributed by atoms with van der Waals surface area (Å²) in [4.78, 5) is 2.70. The summed E-state index contributed by atoms with van der Waals surface area (Å²) in [5.74, 6) is 0.331. The molecule has 0 fully saturated rings. The van der Waals surface area contributed by atoms with Crippen molar-refractivity contribution >= 4 is 56.3 Å². The average molecular weight is 661 g/mol. The maximum absolute atomic E-state index is 2.70. The third-order valence-corrected chi connectivity index (χ3v) is 12.2. The molecule has 1 aliphatic carbocycles. The van der Waals surface area contributed by atoms with Crippen molar-refractivity contribution < 1.29 is 0 Å². The zero-order chi connectivity index (χ0) is 33.9. The number of aromatic nitrogens is 1. The molecule has 8 aromatic rings. The molecule has 242 valence electrons. The van der Waals surface area contributed by atoms with Crippen LogP contribution in [0.2, 0.25) is 0 Å². The number of nitrogens with zero attached hydrogens (tertiary/aromatic N) is 2. The molecule has 7 aromatic carbocycles. The van der Waals surface area contributed by atoms with E-state index in [9.17, 15) is 0 Å². The maximum atomic E-state index is 2.70. The van der Waals surface area contributed by atoms with Crippen molar-refractivity contribution in [1.82, 2.24) is 4.57 Å². The first-order valence-electron chi connectivity index (χ1n) is 18.5. The summed E-state index contributed by atoms with van der Waals surface area (Å²) in [7, 11) is 0. The number of rotatable bonds is 3. The van der Waals surface area contributed by atoms with Gasteiger partial charge in [-0.1, -0.05) is 169 Å². The topological polar surface area (TPSA) is 8.17 Å². The van der Waals surface area contributed by atoms with Gasteiger partial charge in [0.15, 0.2) is 0 Å². The Labute approximate surface area is 303 Å². The second-order valence-electron chi connectivity index (χ2n) is 14.8. The fraction of sp³-hybridized carbons (Fsp3) is 0.0612. The molecule has 0 spiro atoms. The van der Waals surface area contributed by atoms with Crippen LogP contribution >= 0.6 is 0 Å². The highest BCUT2D eigenvalue weighted by molar-refractivity contribution is 6.98. The minimum Gasteiger partial charge on any atom is -0.334 e. The molecule has 12 rings (SSSR count). The summed E-state index contributed by atoms with van der Waals surface area (Å²) in [6, 6.07) is 57.1. The van der Waals surface area contributed by atoms with E-state index in [0.29, 0.717) is 5.92 Å². The van der Waals surface area contributed by atoms with Crippen molar-refractivity contribution in [2.24, 2.45) is 0 Å². The van der Waals surface area contributed by atoms with Crippen LogP contribution in [0.15, 0.2) is 176 Å². The standard InChI is InChI=1S/C49H33BN2/c1-3-14-31(15-4-1)36-20-11-22-40-41-23-12-21-37(32-16-5-2-6-17-32)48(41)51(47(36)40)35-29-34-28-33-18-7-9-25-42(33)50-43-26-13-24-39-38-19-8-10-27-44(38)52(49(39)43)45(30-35)46(34)50/h1-27,29-30,38,44H,28H2. The lowest BCUT2D eigenvalue weighted by molar-refractivity contribution is 0.745. The van der Waals surface area contributed by atoms with Gasteiger partial charge < -0.3 is 9.47 Å². The summed E-state index contributed by atoms with van der Waals surface area (Å²) in [6.07, 6.45) is 10.2. The van der Waals surface area contributed by atoms with Gasteiger partial charge in [0.25, 0.3) is 0 Å². The maximum Gasteiger partial charge on any atom is 0.247 e. The summed E-state index contributed by atoms with van der Waals surface area (Å²) in [6.45, 7) is 0.209. The Morgan fingerprint density at radius 2 is 1.17 bits per heavy atom. The third-order valence-electron chi connectivity index (χ3n) is 12.2. The molecule has 0 N–H and O–H groups in total. The van der Waals surface area contributed by atoms with Crippen molar-refractivity contribution in [3.8, 4) is 27.9 Å². The van der Waals surface area contributed by atoms with E-state index in [1.807, 2.05) is 0 Å². The first-order chi connectivity index (χ1) is 25.8. The lowest BCUT2D eigenvalue weighted by Crippen LogP contribution is -2.62. The van der Waals surface area contributed by atoms with Crippen LogP contribution in [-0.2, 0) is 6.42 Å². The van der Waals surface area contributed by atoms with Gasteiger partial charge in [0.05, 0.1) is 17.1 Å². The lowest BCUT2D eigenvalue weighted by atomic mass is 9.32. The van der Waals surface area contributed by atoms with Gasteiger partial charge in [-0.25, -0.2) is 0 Å². The minimum atomic E-state index is 0.209. The van der Waals surface area contributed by atoms with Gasteiger partial charge in [0.1, 0.15) is 0 Å². The molecular formula is C49H33BN2. The Balaban J connectivity index is 1.23. The van der Waals surface area contributed by atoms with Crippen LogP contribution in [0.1, 0.15) is 22.6 Å². The summed E-state index contributed by atoms with van der Waals surface area (Å²) >= 11 is 0. The molecule has 4 heterocycles. The number of fused-ring (bicyclic) bond motifs is 10. The fourth-order valence-electron chi connectivity index (χ4n) is 10.1. The molecule has 2 unspecified atom stereocenters. The van der Waals surface area contributed by atoms with E-state index in [2.05, 4.69) is 185 Å². The van der Waals surface area contributed by atoms with Gasteiger partial charge in [0, 0.05) is 44.9 Å². The molecule has 0 radical (unpaired) electrons. The van der Waals surface area contributed by atoms with Gasteiger partial charge in [-0.3, -0.25) is 0 Å². The summed E-state index contributed by atoms with van der Waals surface area (Å²) in [5, 5.41) is 2.55. The highest BCUT2D eigenvalue weighted by atomic mass is 15.2. The first-order valence-corrected chi connectivity index (χ1v) is 18.5. The predicted octanol–water partition coefficient (Wildman–Crippen LogP) is 9.58. The Kier molecular flexibility index (Phi) is 5.79. The van der Waals surface area contributed by atoms with Crippen LogP contribution in [0.3, 0.4) is 0 Å². The van der Waals surface area contributed by atoms with Gasteiger partial charge >= 0.3 is 0 Å². The largest absolute Gasteiger partial charge is 0.334 e. The van der Waals surface area contributed by atoms with Crippen LogP contribution in [0.25, 0.3) is 49.7 Å². The highest BCUT2D eigenvalue weighted by Crippen LogP contribution is 2.50. The van der Waals surface area contributed by atoms with Gasteiger partial charge in [0.2, 0.25) is 6.71 Å². The molecule has 2 atom stereocenters. The van der Waals surface area contributed by atoms with Crippen LogP contribution in [0, 0.1) is 0 Å². The number of anilines is 2. The molecule has 0 saturated carbocycles.